The van der Waals surface area contributed by atoms with E-state index in [1.54, 1.807) is 6.92 Å². The Hall–Kier alpha value is -2.05. The topological polar surface area (TPSA) is 52.6 Å². The molecule has 110 valence electrons. The van der Waals surface area contributed by atoms with Gasteiger partial charge in [-0.15, -0.1) is 0 Å². The molecule has 0 heterocycles. The average Bonchev–Trinajstić information content (AvgIpc) is 2.37. The summed E-state index contributed by atoms with van der Waals surface area (Å²) >= 11 is 0. The van der Waals surface area contributed by atoms with Gasteiger partial charge in [0.1, 0.15) is 12.2 Å². The summed E-state index contributed by atoms with van der Waals surface area (Å²) in [6.45, 7) is 1.65. The Morgan fingerprint density at radius 3 is 2.40 bits per heavy atom. The number of carbonyl (C=O) groups is 2. The molecule has 20 heavy (non-hydrogen) atoms. The molecule has 4 nitrogen and oxygen atoms in total. The lowest BCUT2D eigenvalue weighted by Gasteiger charge is -2.11. The Labute approximate surface area is 113 Å². The number of ether oxygens (including phenoxy) is 2. The van der Waals surface area contributed by atoms with Gasteiger partial charge in [-0.25, -0.2) is 0 Å². The molecule has 0 amide bonds. The molecule has 0 spiro atoms. The predicted molar refractivity (Wildman–Crippen MR) is 63.6 cm³/mol. The molecule has 0 aromatic heterocycles. The van der Waals surface area contributed by atoms with E-state index in [1.807, 2.05) is 0 Å². The van der Waals surface area contributed by atoms with Gasteiger partial charge in [0.2, 0.25) is 0 Å². The Morgan fingerprint density at radius 1 is 1.25 bits per heavy atom. The van der Waals surface area contributed by atoms with Crippen molar-refractivity contribution in [3.8, 4) is 5.75 Å². The molecule has 0 unspecified atom stereocenters. The summed E-state index contributed by atoms with van der Waals surface area (Å²) in [7, 11) is 1.23. The number of methoxy groups -OCH3 is 1. The van der Waals surface area contributed by atoms with Crippen LogP contribution in [0.2, 0.25) is 0 Å². The van der Waals surface area contributed by atoms with E-state index >= 15 is 0 Å². The van der Waals surface area contributed by atoms with E-state index in [2.05, 4.69) is 4.74 Å². The zero-order valence-corrected chi connectivity index (χ0v) is 10.9. The van der Waals surface area contributed by atoms with Crippen LogP contribution >= 0.6 is 0 Å². The van der Waals surface area contributed by atoms with Crippen molar-refractivity contribution < 1.29 is 32.2 Å². The average molecular weight is 290 g/mol. The van der Waals surface area contributed by atoms with E-state index in [1.165, 1.54) is 7.11 Å². The second-order valence-electron chi connectivity index (χ2n) is 3.82. The van der Waals surface area contributed by atoms with Crippen LogP contribution in [-0.2, 0) is 15.7 Å². The number of halogens is 3. The molecule has 0 aliphatic heterocycles. The highest BCUT2D eigenvalue weighted by molar-refractivity contribution is 6.07. The highest BCUT2D eigenvalue weighted by Crippen LogP contribution is 2.33. The van der Waals surface area contributed by atoms with Crippen LogP contribution < -0.4 is 4.74 Å². The number of hydrogen-bond acceptors (Lipinski definition) is 4. The Bertz CT molecular complexity index is 509. The SMILES string of the molecule is CCOC(=O)CC(=O)c1cc(C(F)(F)F)ccc1OC. The molecule has 7 heteroatoms. The molecule has 1 aromatic carbocycles. The van der Waals surface area contributed by atoms with Gasteiger partial charge in [-0.3, -0.25) is 9.59 Å². The summed E-state index contributed by atoms with van der Waals surface area (Å²) in [5.41, 5.74) is -1.28. The van der Waals surface area contributed by atoms with E-state index in [0.717, 1.165) is 12.1 Å². The maximum Gasteiger partial charge on any atom is 0.416 e. The van der Waals surface area contributed by atoms with Gasteiger partial charge in [-0.1, -0.05) is 0 Å². The standard InChI is InChI=1S/C13H13F3O4/c1-3-20-12(18)7-10(17)9-6-8(13(14,15)16)4-5-11(9)19-2/h4-6H,3,7H2,1-2H3. The summed E-state index contributed by atoms with van der Waals surface area (Å²) in [5.74, 6) is -1.60. The molecule has 1 rings (SSSR count). The van der Waals surface area contributed by atoms with Gasteiger partial charge >= 0.3 is 12.1 Å². The molecule has 0 radical (unpaired) electrons. The minimum Gasteiger partial charge on any atom is -0.496 e. The number of alkyl halides is 3. The quantitative estimate of drug-likeness (QED) is 0.475. The summed E-state index contributed by atoms with van der Waals surface area (Å²) in [6, 6.07) is 2.52. The maximum atomic E-state index is 12.6. The molecule has 0 saturated carbocycles. The zero-order valence-electron chi connectivity index (χ0n) is 10.9. The minimum atomic E-state index is -4.58. The number of carbonyl (C=O) groups excluding carboxylic acids is 2. The van der Waals surface area contributed by atoms with Gasteiger partial charge in [-0.05, 0) is 25.1 Å². The predicted octanol–water partition coefficient (Wildman–Crippen LogP) is 2.85. The third kappa shape index (κ3) is 3.97. The van der Waals surface area contributed by atoms with Crippen LogP contribution in [0.5, 0.6) is 5.75 Å². The van der Waals surface area contributed by atoms with Crippen molar-refractivity contribution in [1.29, 1.82) is 0 Å². The Morgan fingerprint density at radius 2 is 1.90 bits per heavy atom. The first kappa shape index (κ1) is 16.0. The van der Waals surface area contributed by atoms with Crippen molar-refractivity contribution in [3.05, 3.63) is 29.3 Å². The van der Waals surface area contributed by atoms with Crippen LogP contribution in [0, 0.1) is 0 Å². The van der Waals surface area contributed by atoms with Gasteiger partial charge in [-0.2, -0.15) is 13.2 Å². The van der Waals surface area contributed by atoms with Crippen molar-refractivity contribution in [1.82, 2.24) is 0 Å². The second-order valence-corrected chi connectivity index (χ2v) is 3.82. The third-order valence-corrected chi connectivity index (χ3v) is 2.44. The van der Waals surface area contributed by atoms with E-state index in [-0.39, 0.29) is 17.9 Å². The molecular formula is C13H13F3O4. The molecule has 0 aliphatic carbocycles. The zero-order chi connectivity index (χ0) is 15.3. The van der Waals surface area contributed by atoms with Crippen molar-refractivity contribution in [3.63, 3.8) is 0 Å². The van der Waals surface area contributed by atoms with Crippen molar-refractivity contribution in [2.75, 3.05) is 13.7 Å². The molecular weight excluding hydrogens is 277 g/mol. The number of ketones is 1. The monoisotopic (exact) mass is 290 g/mol. The number of Topliss-reactive ketones (excluding diaryl/α,β-unsaturated/α-hetero) is 1. The first-order chi connectivity index (χ1) is 9.29. The molecule has 0 aliphatic rings. The van der Waals surface area contributed by atoms with Crippen LogP contribution in [0.15, 0.2) is 18.2 Å². The fraction of sp³-hybridized carbons (Fsp3) is 0.385. The molecule has 0 saturated heterocycles. The Balaban J connectivity index is 3.08. The minimum absolute atomic E-state index is 0.0210. The smallest absolute Gasteiger partial charge is 0.416 e. The van der Waals surface area contributed by atoms with Gasteiger partial charge in [0, 0.05) is 0 Å². The van der Waals surface area contributed by atoms with Gasteiger partial charge in [0.15, 0.2) is 5.78 Å². The molecule has 0 N–H and O–H groups in total. The number of rotatable bonds is 5. The number of esters is 1. The fourth-order valence-corrected chi connectivity index (χ4v) is 1.54. The van der Waals surface area contributed by atoms with Crippen LogP contribution in [-0.4, -0.2) is 25.5 Å². The molecule has 0 fully saturated rings. The highest BCUT2D eigenvalue weighted by Gasteiger charge is 2.32. The normalized spacial score (nSPS) is 11.1. The van der Waals surface area contributed by atoms with Gasteiger partial charge < -0.3 is 9.47 Å². The van der Waals surface area contributed by atoms with Gasteiger partial charge in [0.05, 0.1) is 24.8 Å². The largest absolute Gasteiger partial charge is 0.496 e. The third-order valence-electron chi connectivity index (χ3n) is 2.44. The Kier molecular flexibility index (Phi) is 5.12. The summed E-state index contributed by atoms with van der Waals surface area (Å²) in [6.07, 6.45) is -5.21. The van der Waals surface area contributed by atoms with Crippen LogP contribution in [0.1, 0.15) is 29.3 Å². The number of hydrogen-bond donors (Lipinski definition) is 0. The highest BCUT2D eigenvalue weighted by atomic mass is 19.4. The summed E-state index contributed by atoms with van der Waals surface area (Å²) in [4.78, 5) is 23.0. The van der Waals surface area contributed by atoms with E-state index < -0.39 is 29.9 Å². The second kappa shape index (κ2) is 6.40. The van der Waals surface area contributed by atoms with E-state index in [9.17, 15) is 22.8 Å². The van der Waals surface area contributed by atoms with Crippen LogP contribution in [0.3, 0.4) is 0 Å². The lowest BCUT2D eigenvalue weighted by atomic mass is 10.0. The lowest BCUT2D eigenvalue weighted by molar-refractivity contribution is -0.142. The van der Waals surface area contributed by atoms with Crippen molar-refractivity contribution >= 4 is 11.8 Å². The van der Waals surface area contributed by atoms with E-state index in [4.69, 9.17) is 4.74 Å². The summed E-state index contributed by atoms with van der Waals surface area (Å²) < 4.78 is 47.2. The lowest BCUT2D eigenvalue weighted by Crippen LogP contribution is -2.14. The van der Waals surface area contributed by atoms with Crippen molar-refractivity contribution in [2.45, 2.75) is 19.5 Å². The van der Waals surface area contributed by atoms with E-state index in [0.29, 0.717) is 6.07 Å². The molecule has 0 atom stereocenters. The first-order valence-electron chi connectivity index (χ1n) is 5.73. The van der Waals surface area contributed by atoms with Gasteiger partial charge in [0.25, 0.3) is 0 Å². The van der Waals surface area contributed by atoms with Crippen LogP contribution in [0.4, 0.5) is 13.2 Å². The molecule has 0 bridgehead atoms. The first-order valence-corrected chi connectivity index (χ1v) is 5.73. The maximum absolute atomic E-state index is 12.6. The summed E-state index contributed by atoms with van der Waals surface area (Å²) in [5, 5.41) is 0. The molecule has 1 aromatic rings. The van der Waals surface area contributed by atoms with Crippen molar-refractivity contribution in [2.24, 2.45) is 0 Å². The number of benzene rings is 1. The fourth-order valence-electron chi connectivity index (χ4n) is 1.54. The van der Waals surface area contributed by atoms with Crippen LogP contribution in [0.25, 0.3) is 0 Å².